The summed E-state index contributed by atoms with van der Waals surface area (Å²) in [5, 5.41) is 4.83. The molecule has 0 aliphatic heterocycles. The van der Waals surface area contributed by atoms with E-state index in [1.165, 1.54) is 6.92 Å². The second-order valence-corrected chi connectivity index (χ2v) is 7.06. The smallest absolute Gasteiger partial charge is 0.252 e. The monoisotopic (exact) mass is 364 g/mol. The maximum absolute atomic E-state index is 12.9. The lowest BCUT2D eigenvalue weighted by molar-refractivity contribution is -0.118. The molecule has 3 rings (SSSR count). The fourth-order valence-corrected chi connectivity index (χ4v) is 3.53. The third-order valence-electron chi connectivity index (χ3n) is 4.15. The first-order valence-electron chi connectivity index (χ1n) is 8.33. The molecule has 0 spiro atoms. The van der Waals surface area contributed by atoms with E-state index in [4.69, 9.17) is 5.73 Å². The van der Waals surface area contributed by atoms with Crippen LogP contribution in [0, 0.1) is 0 Å². The molecule has 0 aliphatic rings. The van der Waals surface area contributed by atoms with Gasteiger partial charge in [0.05, 0.1) is 6.04 Å². The zero-order chi connectivity index (χ0) is 18.5. The number of thiophene rings is 1. The van der Waals surface area contributed by atoms with Crippen LogP contribution in [0.1, 0.15) is 22.8 Å². The molecule has 2 aromatic carbocycles. The second kappa shape index (κ2) is 7.97. The highest BCUT2D eigenvalue weighted by atomic mass is 32.1. The Hall–Kier alpha value is -2.92. The van der Waals surface area contributed by atoms with Crippen LogP contribution in [0.15, 0.2) is 66.0 Å². The zero-order valence-corrected chi connectivity index (χ0v) is 15.3. The number of rotatable bonds is 6. The van der Waals surface area contributed by atoms with Crippen LogP contribution in [0.2, 0.25) is 0 Å². The van der Waals surface area contributed by atoms with Crippen molar-refractivity contribution in [1.29, 1.82) is 0 Å². The van der Waals surface area contributed by atoms with E-state index in [1.54, 1.807) is 29.5 Å². The minimum Gasteiger partial charge on any atom is -0.399 e. The van der Waals surface area contributed by atoms with Crippen LogP contribution in [0.4, 0.5) is 5.69 Å². The molecule has 0 saturated carbocycles. The van der Waals surface area contributed by atoms with Crippen LogP contribution < -0.4 is 11.1 Å². The van der Waals surface area contributed by atoms with Gasteiger partial charge in [-0.25, -0.2) is 0 Å². The minimum atomic E-state index is -0.571. The van der Waals surface area contributed by atoms with Crippen molar-refractivity contribution in [3.63, 3.8) is 0 Å². The predicted octanol–water partition coefficient (Wildman–Crippen LogP) is 3.93. The highest BCUT2D eigenvalue weighted by Crippen LogP contribution is 2.30. The van der Waals surface area contributed by atoms with Gasteiger partial charge in [-0.1, -0.05) is 36.4 Å². The summed E-state index contributed by atoms with van der Waals surface area (Å²) in [4.78, 5) is 25.9. The number of carbonyl (C=O) groups is 2. The van der Waals surface area contributed by atoms with Gasteiger partial charge in [0, 0.05) is 21.7 Å². The van der Waals surface area contributed by atoms with E-state index in [-0.39, 0.29) is 11.7 Å². The second-order valence-electron chi connectivity index (χ2n) is 6.11. The Balaban J connectivity index is 1.85. The molecule has 1 aromatic heterocycles. The number of hydrogen-bond acceptors (Lipinski definition) is 4. The fourth-order valence-electron chi connectivity index (χ4n) is 2.78. The van der Waals surface area contributed by atoms with Crippen LogP contribution >= 0.6 is 11.3 Å². The Morgan fingerprint density at radius 3 is 2.50 bits per heavy atom. The number of hydrogen-bond donors (Lipinski definition) is 2. The summed E-state index contributed by atoms with van der Waals surface area (Å²) < 4.78 is 0. The van der Waals surface area contributed by atoms with Gasteiger partial charge < -0.3 is 11.1 Å². The average Bonchev–Trinajstić information content (AvgIpc) is 3.16. The fraction of sp³-hybridized carbons (Fsp3) is 0.143. The van der Waals surface area contributed by atoms with E-state index in [2.05, 4.69) is 5.32 Å². The van der Waals surface area contributed by atoms with Gasteiger partial charge in [0.15, 0.2) is 5.78 Å². The first-order valence-corrected chi connectivity index (χ1v) is 9.21. The van der Waals surface area contributed by atoms with Crippen LogP contribution in [-0.4, -0.2) is 17.7 Å². The van der Waals surface area contributed by atoms with Crippen molar-refractivity contribution >= 4 is 28.7 Å². The van der Waals surface area contributed by atoms with Gasteiger partial charge in [0.25, 0.3) is 5.91 Å². The summed E-state index contributed by atoms with van der Waals surface area (Å²) in [6.45, 7) is 1.50. The quantitative estimate of drug-likeness (QED) is 0.651. The topological polar surface area (TPSA) is 72.2 Å². The van der Waals surface area contributed by atoms with Crippen molar-refractivity contribution in [3.8, 4) is 10.4 Å². The molecule has 0 fully saturated rings. The maximum Gasteiger partial charge on any atom is 0.252 e. The lowest BCUT2D eigenvalue weighted by Gasteiger charge is -2.17. The number of anilines is 1. The molecule has 5 heteroatoms. The van der Waals surface area contributed by atoms with Crippen molar-refractivity contribution < 1.29 is 9.59 Å². The van der Waals surface area contributed by atoms with E-state index in [0.717, 1.165) is 16.0 Å². The molecular weight excluding hydrogens is 344 g/mol. The normalized spacial score (nSPS) is 11.7. The summed E-state index contributed by atoms with van der Waals surface area (Å²) >= 11 is 1.54. The minimum absolute atomic E-state index is 0.0738. The Morgan fingerprint density at radius 1 is 1.08 bits per heavy atom. The number of carbonyl (C=O) groups excluding carboxylic acids is 2. The number of amides is 1. The van der Waals surface area contributed by atoms with Crippen LogP contribution in [0.25, 0.3) is 10.4 Å². The third-order valence-corrected chi connectivity index (χ3v) is 5.06. The molecule has 4 nitrogen and oxygen atoms in total. The summed E-state index contributed by atoms with van der Waals surface area (Å²) in [5.74, 6) is -0.347. The van der Waals surface area contributed by atoms with Crippen molar-refractivity contribution in [2.45, 2.75) is 19.4 Å². The molecule has 1 heterocycles. The van der Waals surface area contributed by atoms with E-state index in [0.29, 0.717) is 17.7 Å². The first-order chi connectivity index (χ1) is 12.5. The van der Waals surface area contributed by atoms with Crippen LogP contribution in [-0.2, 0) is 11.2 Å². The molecule has 0 radical (unpaired) electrons. The summed E-state index contributed by atoms with van der Waals surface area (Å²) in [6, 6.07) is 18.2. The number of Topliss-reactive ketones (excluding diaryl/α,β-unsaturated/α-hetero) is 1. The Labute approximate surface area is 156 Å². The van der Waals surface area contributed by atoms with E-state index in [9.17, 15) is 9.59 Å². The predicted molar refractivity (Wildman–Crippen MR) is 106 cm³/mol. The van der Waals surface area contributed by atoms with Gasteiger partial charge in [-0.3, -0.25) is 9.59 Å². The van der Waals surface area contributed by atoms with E-state index >= 15 is 0 Å². The highest BCUT2D eigenvalue weighted by Gasteiger charge is 2.21. The molecule has 1 atom stereocenters. The number of benzene rings is 2. The molecular formula is C21H20N2O2S. The van der Waals surface area contributed by atoms with Gasteiger partial charge in [-0.2, -0.15) is 0 Å². The summed E-state index contributed by atoms with van der Waals surface area (Å²) in [5.41, 5.74) is 8.79. The lowest BCUT2D eigenvalue weighted by Crippen LogP contribution is -2.41. The zero-order valence-electron chi connectivity index (χ0n) is 14.4. The summed E-state index contributed by atoms with van der Waals surface area (Å²) in [6.07, 6.45) is 0.464. The van der Waals surface area contributed by atoms with Gasteiger partial charge in [-0.15, -0.1) is 11.3 Å². The van der Waals surface area contributed by atoms with Gasteiger partial charge >= 0.3 is 0 Å². The van der Waals surface area contributed by atoms with Gasteiger partial charge in [0.2, 0.25) is 0 Å². The standard InChI is InChI=1S/C21H20N2O2S/c1-14(24)19(12-15-6-3-2-4-7-15)23-21(25)17-10-9-16(22)13-18(17)20-8-5-11-26-20/h2-11,13,19H,12,22H2,1H3,(H,23,25)/t19-/m0/s1. The van der Waals surface area contributed by atoms with Gasteiger partial charge in [-0.05, 0) is 48.6 Å². The average molecular weight is 364 g/mol. The van der Waals surface area contributed by atoms with Crippen molar-refractivity contribution in [1.82, 2.24) is 5.32 Å². The van der Waals surface area contributed by atoms with Crippen LogP contribution in [0.3, 0.4) is 0 Å². The van der Waals surface area contributed by atoms with Crippen molar-refractivity contribution in [3.05, 3.63) is 77.2 Å². The molecule has 0 aliphatic carbocycles. The third kappa shape index (κ3) is 4.18. The Morgan fingerprint density at radius 2 is 1.85 bits per heavy atom. The number of nitrogens with one attached hydrogen (secondary N) is 1. The molecule has 132 valence electrons. The maximum atomic E-state index is 12.9. The Kier molecular flexibility index (Phi) is 5.49. The highest BCUT2D eigenvalue weighted by molar-refractivity contribution is 7.13. The molecule has 3 aromatic rings. The Bertz CT molecular complexity index is 905. The first kappa shape index (κ1) is 17.9. The van der Waals surface area contributed by atoms with Gasteiger partial charge in [0.1, 0.15) is 0 Å². The molecule has 0 bridgehead atoms. The van der Waals surface area contributed by atoms with E-state index in [1.807, 2.05) is 47.8 Å². The largest absolute Gasteiger partial charge is 0.399 e. The van der Waals surface area contributed by atoms with E-state index < -0.39 is 6.04 Å². The number of nitrogen functional groups attached to an aromatic ring is 1. The molecule has 0 saturated heterocycles. The molecule has 3 N–H and O–H groups in total. The van der Waals surface area contributed by atoms with Crippen LogP contribution in [0.5, 0.6) is 0 Å². The number of nitrogens with two attached hydrogens (primary N) is 1. The lowest BCUT2D eigenvalue weighted by atomic mass is 10.0. The molecule has 26 heavy (non-hydrogen) atoms. The van der Waals surface area contributed by atoms with Crippen molar-refractivity contribution in [2.75, 3.05) is 5.73 Å². The summed E-state index contributed by atoms with van der Waals surface area (Å²) in [7, 11) is 0. The molecule has 1 amide bonds. The van der Waals surface area contributed by atoms with Crippen molar-refractivity contribution in [2.24, 2.45) is 0 Å². The molecule has 0 unspecified atom stereocenters. The number of ketones is 1. The SMILES string of the molecule is CC(=O)[C@H](Cc1ccccc1)NC(=O)c1ccc(N)cc1-c1cccs1.